The van der Waals surface area contributed by atoms with E-state index in [-0.39, 0.29) is 5.75 Å². The number of ether oxygens (including phenoxy) is 1. The van der Waals surface area contributed by atoms with Crippen molar-refractivity contribution < 1.29 is 18.4 Å². The number of para-hydroxylation sites is 1. The lowest BCUT2D eigenvalue weighted by Gasteiger charge is -2.08. The van der Waals surface area contributed by atoms with E-state index in [9.17, 15) is 8.78 Å². The van der Waals surface area contributed by atoms with Crippen LogP contribution in [0.3, 0.4) is 0 Å². The van der Waals surface area contributed by atoms with Crippen molar-refractivity contribution in [3.05, 3.63) is 29.8 Å². The summed E-state index contributed by atoms with van der Waals surface area (Å²) in [5.74, 6) is 0.136. The van der Waals surface area contributed by atoms with Gasteiger partial charge in [-0.25, -0.2) is 0 Å². The van der Waals surface area contributed by atoms with Crippen LogP contribution in [-0.2, 0) is 4.84 Å². The molecule has 0 unspecified atom stereocenters. The molecule has 0 bridgehead atoms. The van der Waals surface area contributed by atoms with E-state index in [1.54, 1.807) is 18.2 Å². The molecule has 0 radical (unpaired) electrons. The van der Waals surface area contributed by atoms with Crippen LogP contribution >= 0.6 is 0 Å². The van der Waals surface area contributed by atoms with Gasteiger partial charge in [-0.1, -0.05) is 17.3 Å². The van der Waals surface area contributed by atoms with Crippen molar-refractivity contribution in [3.63, 3.8) is 0 Å². The zero-order chi connectivity index (χ0) is 10.7. The highest BCUT2D eigenvalue weighted by molar-refractivity contribution is 6.03. The normalized spacial score (nSPS) is 15.0. The summed E-state index contributed by atoms with van der Waals surface area (Å²) < 4.78 is 28.6. The third-order valence-corrected chi connectivity index (χ3v) is 2.02. The summed E-state index contributed by atoms with van der Waals surface area (Å²) in [7, 11) is 0. The first kappa shape index (κ1) is 9.89. The minimum absolute atomic E-state index is 0.136. The van der Waals surface area contributed by atoms with Gasteiger partial charge in [0, 0.05) is 12.0 Å². The first-order valence-corrected chi connectivity index (χ1v) is 4.50. The minimum Gasteiger partial charge on any atom is -0.434 e. The quantitative estimate of drug-likeness (QED) is 0.771. The average molecular weight is 213 g/mol. The van der Waals surface area contributed by atoms with Gasteiger partial charge in [-0.15, -0.1) is 0 Å². The molecule has 2 rings (SSSR count). The summed E-state index contributed by atoms with van der Waals surface area (Å²) in [6, 6.07) is 6.56. The summed E-state index contributed by atoms with van der Waals surface area (Å²) in [4.78, 5) is 4.82. The highest BCUT2D eigenvalue weighted by atomic mass is 19.3. The monoisotopic (exact) mass is 213 g/mol. The van der Waals surface area contributed by atoms with Gasteiger partial charge in [-0.05, 0) is 12.1 Å². The van der Waals surface area contributed by atoms with Gasteiger partial charge < -0.3 is 9.57 Å². The fourth-order valence-corrected chi connectivity index (χ4v) is 1.40. The standard InChI is InChI=1S/C10H9F2NO2/c11-10(12)15-9-4-2-1-3-7(9)8-5-6-14-13-8/h1-4,10H,5-6H2. The van der Waals surface area contributed by atoms with E-state index >= 15 is 0 Å². The topological polar surface area (TPSA) is 30.8 Å². The molecule has 0 saturated carbocycles. The van der Waals surface area contributed by atoms with Gasteiger partial charge >= 0.3 is 6.61 Å². The molecule has 0 amide bonds. The largest absolute Gasteiger partial charge is 0.434 e. The third kappa shape index (κ3) is 2.23. The van der Waals surface area contributed by atoms with Crippen molar-refractivity contribution in [3.8, 4) is 5.75 Å². The van der Waals surface area contributed by atoms with Crippen molar-refractivity contribution in [1.82, 2.24) is 0 Å². The fraction of sp³-hybridized carbons (Fsp3) is 0.300. The van der Waals surface area contributed by atoms with E-state index in [0.717, 1.165) is 0 Å². The lowest BCUT2D eigenvalue weighted by atomic mass is 10.1. The highest BCUT2D eigenvalue weighted by Crippen LogP contribution is 2.23. The summed E-state index contributed by atoms with van der Waals surface area (Å²) in [5.41, 5.74) is 1.21. The van der Waals surface area contributed by atoms with E-state index in [4.69, 9.17) is 4.84 Å². The molecule has 0 fully saturated rings. The predicted molar refractivity (Wildman–Crippen MR) is 50.2 cm³/mol. The van der Waals surface area contributed by atoms with E-state index < -0.39 is 6.61 Å². The van der Waals surface area contributed by atoms with E-state index in [0.29, 0.717) is 24.3 Å². The Morgan fingerprint density at radius 1 is 1.33 bits per heavy atom. The van der Waals surface area contributed by atoms with E-state index in [1.807, 2.05) is 0 Å². The maximum Gasteiger partial charge on any atom is 0.387 e. The Kier molecular flexibility index (Phi) is 2.80. The number of benzene rings is 1. The van der Waals surface area contributed by atoms with E-state index in [2.05, 4.69) is 9.89 Å². The van der Waals surface area contributed by atoms with Crippen LogP contribution < -0.4 is 4.74 Å². The predicted octanol–water partition coefficient (Wildman–Crippen LogP) is 2.41. The number of hydrogen-bond donors (Lipinski definition) is 0. The Labute approximate surface area is 85.3 Å². The molecule has 80 valence electrons. The van der Waals surface area contributed by atoms with Crippen molar-refractivity contribution in [2.75, 3.05) is 6.61 Å². The number of rotatable bonds is 3. The molecule has 0 aromatic heterocycles. The maximum atomic E-state index is 12.1. The maximum absolute atomic E-state index is 12.1. The minimum atomic E-state index is -2.82. The van der Waals surface area contributed by atoms with Crippen LogP contribution in [-0.4, -0.2) is 18.9 Å². The van der Waals surface area contributed by atoms with Gasteiger partial charge in [0.15, 0.2) is 0 Å². The van der Waals surface area contributed by atoms with Crippen molar-refractivity contribution in [2.45, 2.75) is 13.0 Å². The number of nitrogens with zero attached hydrogens (tertiary/aromatic N) is 1. The Morgan fingerprint density at radius 2 is 2.13 bits per heavy atom. The van der Waals surface area contributed by atoms with Crippen LogP contribution in [0.2, 0.25) is 0 Å². The van der Waals surface area contributed by atoms with Crippen LogP contribution in [0, 0.1) is 0 Å². The molecule has 1 aliphatic rings. The van der Waals surface area contributed by atoms with Crippen molar-refractivity contribution in [2.24, 2.45) is 5.16 Å². The molecule has 0 spiro atoms. The SMILES string of the molecule is FC(F)Oc1ccccc1C1=NOCC1. The van der Waals surface area contributed by atoms with Crippen LogP contribution in [0.25, 0.3) is 0 Å². The summed E-state index contributed by atoms with van der Waals surface area (Å²) >= 11 is 0. The number of hydrogen-bond acceptors (Lipinski definition) is 3. The molecule has 0 saturated heterocycles. The summed E-state index contributed by atoms with van der Waals surface area (Å²) in [5, 5.41) is 3.77. The Hall–Kier alpha value is -1.65. The molecule has 15 heavy (non-hydrogen) atoms. The van der Waals surface area contributed by atoms with Gasteiger partial charge in [-0.3, -0.25) is 0 Å². The lowest BCUT2D eigenvalue weighted by molar-refractivity contribution is -0.0499. The third-order valence-electron chi connectivity index (χ3n) is 2.02. The zero-order valence-corrected chi connectivity index (χ0v) is 7.82. The Morgan fingerprint density at radius 3 is 2.80 bits per heavy atom. The second-order valence-electron chi connectivity index (χ2n) is 3.00. The van der Waals surface area contributed by atoms with Crippen LogP contribution in [0.5, 0.6) is 5.75 Å². The molecule has 1 heterocycles. The zero-order valence-electron chi connectivity index (χ0n) is 7.82. The van der Waals surface area contributed by atoms with Crippen LogP contribution in [0.1, 0.15) is 12.0 Å². The molecular weight excluding hydrogens is 204 g/mol. The fourth-order valence-electron chi connectivity index (χ4n) is 1.40. The second-order valence-corrected chi connectivity index (χ2v) is 3.00. The summed E-state index contributed by atoms with van der Waals surface area (Å²) in [6.45, 7) is -2.34. The smallest absolute Gasteiger partial charge is 0.387 e. The number of alkyl halides is 2. The first-order chi connectivity index (χ1) is 7.27. The number of halogens is 2. The molecule has 0 atom stereocenters. The van der Waals surface area contributed by atoms with Crippen molar-refractivity contribution in [1.29, 1.82) is 0 Å². The number of oxime groups is 1. The van der Waals surface area contributed by atoms with Crippen LogP contribution in [0.15, 0.2) is 29.4 Å². The van der Waals surface area contributed by atoms with Gasteiger partial charge in [0.05, 0.1) is 5.71 Å². The molecule has 0 N–H and O–H groups in total. The first-order valence-electron chi connectivity index (χ1n) is 4.50. The molecule has 1 aromatic carbocycles. The van der Waals surface area contributed by atoms with Gasteiger partial charge in [-0.2, -0.15) is 8.78 Å². The lowest BCUT2D eigenvalue weighted by Crippen LogP contribution is -2.07. The van der Waals surface area contributed by atoms with Crippen LogP contribution in [0.4, 0.5) is 8.78 Å². The Balaban J connectivity index is 2.29. The molecule has 0 aliphatic carbocycles. The average Bonchev–Trinajstić information content (AvgIpc) is 2.70. The molecular formula is C10H9F2NO2. The summed E-state index contributed by atoms with van der Waals surface area (Å²) in [6.07, 6.45) is 0.615. The molecule has 3 nitrogen and oxygen atoms in total. The van der Waals surface area contributed by atoms with Gasteiger partial charge in [0.25, 0.3) is 0 Å². The molecule has 1 aromatic rings. The molecule has 5 heteroatoms. The second kappa shape index (κ2) is 4.25. The molecule has 1 aliphatic heterocycles. The Bertz CT molecular complexity index is 379. The van der Waals surface area contributed by atoms with Gasteiger partial charge in [0.1, 0.15) is 12.4 Å². The van der Waals surface area contributed by atoms with Gasteiger partial charge in [0.2, 0.25) is 0 Å². The van der Waals surface area contributed by atoms with Crippen molar-refractivity contribution >= 4 is 5.71 Å². The van der Waals surface area contributed by atoms with E-state index in [1.165, 1.54) is 6.07 Å². The highest BCUT2D eigenvalue weighted by Gasteiger charge is 2.17.